The van der Waals surface area contributed by atoms with E-state index in [0.29, 0.717) is 0 Å². The van der Waals surface area contributed by atoms with Crippen molar-refractivity contribution in [2.75, 3.05) is 7.05 Å². The third kappa shape index (κ3) is 5.30. The van der Waals surface area contributed by atoms with Crippen LogP contribution in [0.5, 0.6) is 0 Å². The highest BCUT2D eigenvalue weighted by Gasteiger charge is 2.32. The molecule has 0 bridgehead atoms. The van der Waals surface area contributed by atoms with Gasteiger partial charge in [0.15, 0.2) is 6.04 Å². The zero-order valence-corrected chi connectivity index (χ0v) is 10.3. The molecule has 0 rings (SSSR count). The van der Waals surface area contributed by atoms with Gasteiger partial charge in [-0.05, 0) is 20.8 Å². The second-order valence-electron chi connectivity index (χ2n) is 4.63. The lowest BCUT2D eigenvalue weighted by molar-refractivity contribution is -0.209. The molecule has 1 atom stereocenters. The van der Waals surface area contributed by atoms with Crippen LogP contribution in [0.25, 0.3) is 0 Å². The Hall–Kier alpha value is -1.63. The first kappa shape index (κ1) is 15.4. The van der Waals surface area contributed by atoms with E-state index in [1.807, 2.05) is 0 Å². The van der Waals surface area contributed by atoms with Gasteiger partial charge < -0.3 is 15.1 Å². The number of carbonyl (C=O) groups is 3. The third-order valence-corrected chi connectivity index (χ3v) is 1.93. The maximum Gasteiger partial charge on any atom is 0.330 e. The second kappa shape index (κ2) is 5.62. The molecule has 0 unspecified atom stereocenters. The van der Waals surface area contributed by atoms with E-state index in [-0.39, 0.29) is 0 Å². The molecule has 0 aliphatic carbocycles. The molecule has 0 aliphatic heterocycles. The summed E-state index contributed by atoms with van der Waals surface area (Å²) >= 11 is 0. The quantitative estimate of drug-likeness (QED) is 0.675. The van der Waals surface area contributed by atoms with Crippen LogP contribution in [-0.4, -0.2) is 46.3 Å². The zero-order valence-electron chi connectivity index (χ0n) is 10.3. The summed E-state index contributed by atoms with van der Waals surface area (Å²) in [7, 11) is 1.21. The number of rotatable bonds is 5. The summed E-state index contributed by atoms with van der Waals surface area (Å²) in [5, 5.41) is 18.1. The molecule has 0 aliphatic rings. The Morgan fingerprint density at radius 2 is 1.71 bits per heavy atom. The molecule has 0 aromatic carbocycles. The van der Waals surface area contributed by atoms with Crippen molar-refractivity contribution in [3.8, 4) is 0 Å². The number of likely N-dealkylation sites (N-methyl/N-ethyl adjacent to an activating group) is 1. The Labute approximate surface area is 98.9 Å². The van der Waals surface area contributed by atoms with Crippen LogP contribution in [0.1, 0.15) is 27.2 Å². The minimum absolute atomic E-state index is 0.628. The summed E-state index contributed by atoms with van der Waals surface area (Å²) in [6.07, 6.45) is -0.650. The first-order chi connectivity index (χ1) is 7.55. The molecule has 7 heteroatoms. The monoisotopic (exact) mass is 247 g/mol. The second-order valence-corrected chi connectivity index (χ2v) is 4.63. The summed E-state index contributed by atoms with van der Waals surface area (Å²) in [5.41, 5.74) is -0.791. The fourth-order valence-electron chi connectivity index (χ4n) is 0.868. The summed E-state index contributed by atoms with van der Waals surface area (Å²) in [6, 6.07) is -1.40. The number of carboxylic acid groups (broad SMARTS) is 2. The van der Waals surface area contributed by atoms with E-state index < -0.39 is 35.8 Å². The Bertz CT molecular complexity index is 319. The van der Waals surface area contributed by atoms with Crippen molar-refractivity contribution in [2.45, 2.75) is 33.2 Å². The van der Waals surface area contributed by atoms with Gasteiger partial charge >= 0.3 is 17.9 Å². The van der Waals surface area contributed by atoms with Crippen LogP contribution in [0, 0.1) is 5.41 Å². The van der Waals surface area contributed by atoms with E-state index in [2.05, 4.69) is 0 Å². The molecule has 0 saturated carbocycles. The van der Waals surface area contributed by atoms with Crippen LogP contribution in [-0.2, 0) is 19.2 Å². The Morgan fingerprint density at radius 1 is 1.24 bits per heavy atom. The molecule has 0 saturated heterocycles. The molecule has 98 valence electrons. The van der Waals surface area contributed by atoms with E-state index in [4.69, 9.17) is 15.1 Å². The predicted octanol–water partition coefficient (Wildman–Crippen LogP) is 0.350. The predicted molar refractivity (Wildman–Crippen MR) is 57.0 cm³/mol. The van der Waals surface area contributed by atoms with Crippen LogP contribution in [0.15, 0.2) is 0 Å². The highest BCUT2D eigenvalue weighted by atomic mass is 16.7. The van der Waals surface area contributed by atoms with Gasteiger partial charge in [-0.25, -0.2) is 4.79 Å². The topological polar surface area (TPSA) is 104 Å². The number of hydrogen-bond donors (Lipinski definition) is 2. The fourth-order valence-corrected chi connectivity index (χ4v) is 0.868. The molecule has 7 nitrogen and oxygen atoms in total. The first-order valence-electron chi connectivity index (χ1n) is 4.95. The van der Waals surface area contributed by atoms with Gasteiger partial charge in [0, 0.05) is 7.05 Å². The molecule has 0 heterocycles. The van der Waals surface area contributed by atoms with Gasteiger partial charge in [-0.3, -0.25) is 9.59 Å². The maximum absolute atomic E-state index is 11.5. The Kier molecular flexibility index (Phi) is 5.09. The van der Waals surface area contributed by atoms with Crippen molar-refractivity contribution < 1.29 is 29.4 Å². The molecular formula is C10H17NO6. The van der Waals surface area contributed by atoms with E-state index in [1.54, 1.807) is 20.8 Å². The summed E-state index contributed by atoms with van der Waals surface area (Å²) in [6.45, 7) is 4.82. The van der Waals surface area contributed by atoms with Crippen molar-refractivity contribution in [2.24, 2.45) is 5.41 Å². The molecular weight excluding hydrogens is 230 g/mol. The normalized spacial score (nSPS) is 13.2. The lowest BCUT2D eigenvalue weighted by Gasteiger charge is -2.25. The third-order valence-electron chi connectivity index (χ3n) is 1.93. The van der Waals surface area contributed by atoms with Crippen molar-refractivity contribution in [3.05, 3.63) is 0 Å². The maximum atomic E-state index is 11.5. The number of hydroxylamine groups is 2. The lowest BCUT2D eigenvalue weighted by atomic mass is 9.98. The van der Waals surface area contributed by atoms with Crippen LogP contribution < -0.4 is 0 Å². The molecule has 17 heavy (non-hydrogen) atoms. The molecule has 0 fully saturated rings. The van der Waals surface area contributed by atoms with E-state index in [9.17, 15) is 14.4 Å². The largest absolute Gasteiger partial charge is 0.481 e. The minimum Gasteiger partial charge on any atom is -0.481 e. The van der Waals surface area contributed by atoms with Crippen molar-refractivity contribution in [1.82, 2.24) is 5.06 Å². The van der Waals surface area contributed by atoms with Gasteiger partial charge in [-0.15, -0.1) is 5.06 Å². The SMILES string of the molecule is CN(OC(=O)C(C)(C)C)[C@@H](CC(=O)O)C(=O)O. The van der Waals surface area contributed by atoms with Crippen LogP contribution in [0.4, 0.5) is 0 Å². The van der Waals surface area contributed by atoms with Gasteiger partial charge in [0.25, 0.3) is 0 Å². The zero-order chi connectivity index (χ0) is 13.8. The summed E-state index contributed by atoms with van der Waals surface area (Å²) < 4.78 is 0. The van der Waals surface area contributed by atoms with Gasteiger partial charge in [-0.2, -0.15) is 0 Å². The van der Waals surface area contributed by atoms with Gasteiger partial charge in [0.1, 0.15) is 0 Å². The number of hydrogen-bond acceptors (Lipinski definition) is 5. The van der Waals surface area contributed by atoms with Gasteiger partial charge in [0.05, 0.1) is 11.8 Å². The molecule has 0 spiro atoms. The molecule has 0 aromatic heterocycles. The van der Waals surface area contributed by atoms with Crippen LogP contribution in [0.2, 0.25) is 0 Å². The van der Waals surface area contributed by atoms with Crippen LogP contribution in [0.3, 0.4) is 0 Å². The number of carboxylic acids is 2. The molecule has 2 N–H and O–H groups in total. The lowest BCUT2D eigenvalue weighted by Crippen LogP contribution is -2.43. The number of nitrogens with zero attached hydrogens (tertiary/aromatic N) is 1. The van der Waals surface area contributed by atoms with E-state index in [1.165, 1.54) is 7.05 Å². The highest BCUT2D eigenvalue weighted by Crippen LogP contribution is 2.17. The minimum atomic E-state index is -1.40. The molecule has 0 amide bonds. The van der Waals surface area contributed by atoms with Gasteiger partial charge in [0.2, 0.25) is 0 Å². The van der Waals surface area contributed by atoms with Gasteiger partial charge in [-0.1, -0.05) is 0 Å². The summed E-state index contributed by atoms with van der Waals surface area (Å²) in [4.78, 5) is 37.6. The van der Waals surface area contributed by atoms with E-state index >= 15 is 0 Å². The molecule has 0 radical (unpaired) electrons. The fraction of sp³-hybridized carbons (Fsp3) is 0.700. The van der Waals surface area contributed by atoms with Crippen molar-refractivity contribution in [3.63, 3.8) is 0 Å². The standard InChI is InChI=1S/C10H17NO6/c1-10(2,3)9(16)17-11(4)6(8(14)15)5-7(12)13/h6H,5H2,1-4H3,(H,12,13)(H,14,15)/t6-/m0/s1. The number of carbonyl (C=O) groups excluding carboxylic acids is 1. The molecule has 0 aromatic rings. The Balaban J connectivity index is 4.64. The average Bonchev–Trinajstić information content (AvgIpc) is 2.11. The average molecular weight is 247 g/mol. The summed E-state index contributed by atoms with van der Waals surface area (Å²) in [5.74, 6) is -3.27. The highest BCUT2D eigenvalue weighted by molar-refractivity contribution is 5.81. The van der Waals surface area contributed by atoms with E-state index in [0.717, 1.165) is 5.06 Å². The van der Waals surface area contributed by atoms with Crippen molar-refractivity contribution >= 4 is 17.9 Å². The van der Waals surface area contributed by atoms with Crippen LogP contribution >= 0.6 is 0 Å². The first-order valence-corrected chi connectivity index (χ1v) is 4.95. The smallest absolute Gasteiger partial charge is 0.330 e. The Morgan fingerprint density at radius 3 is 2.00 bits per heavy atom. The number of aliphatic carboxylic acids is 2. The van der Waals surface area contributed by atoms with Crippen molar-refractivity contribution in [1.29, 1.82) is 0 Å².